The molecule has 3 heteroatoms. The predicted molar refractivity (Wildman–Crippen MR) is 85.1 cm³/mol. The standard InChI is InChI=1S/C18H26N2O/c1-18(9-14-7-5-4-6-8-14)10-15-12-20(13-16(15)11-18)17(21)19(2)3/h4-8,15-16H,9-13H2,1-3H3/t15-,16+,18?. The minimum absolute atomic E-state index is 0.175. The van der Waals surface area contributed by atoms with Gasteiger partial charge >= 0.3 is 6.03 Å². The minimum Gasteiger partial charge on any atom is -0.331 e. The highest BCUT2D eigenvalue weighted by atomic mass is 16.2. The topological polar surface area (TPSA) is 23.6 Å². The Morgan fingerprint density at radius 2 is 1.76 bits per heavy atom. The van der Waals surface area contributed by atoms with E-state index in [1.54, 1.807) is 4.90 Å². The number of carbonyl (C=O) groups excluding carboxylic acids is 1. The summed E-state index contributed by atoms with van der Waals surface area (Å²) in [4.78, 5) is 15.8. The van der Waals surface area contributed by atoms with E-state index >= 15 is 0 Å². The summed E-state index contributed by atoms with van der Waals surface area (Å²) in [6.07, 6.45) is 3.68. The van der Waals surface area contributed by atoms with Crippen LogP contribution >= 0.6 is 0 Å². The minimum atomic E-state index is 0.175. The van der Waals surface area contributed by atoms with Gasteiger partial charge in [0, 0.05) is 27.2 Å². The Hall–Kier alpha value is -1.51. The maximum absolute atomic E-state index is 12.1. The normalized spacial score (nSPS) is 31.3. The number of hydrogen-bond acceptors (Lipinski definition) is 1. The Balaban J connectivity index is 1.62. The molecule has 0 bridgehead atoms. The molecule has 0 aromatic heterocycles. The predicted octanol–water partition coefficient (Wildman–Crippen LogP) is 3.26. The zero-order chi connectivity index (χ0) is 15.0. The van der Waals surface area contributed by atoms with Crippen molar-refractivity contribution in [3.8, 4) is 0 Å². The lowest BCUT2D eigenvalue weighted by Crippen LogP contribution is -2.38. The third-order valence-electron chi connectivity index (χ3n) is 5.21. The second-order valence-corrected chi connectivity index (χ2v) is 7.48. The van der Waals surface area contributed by atoms with Gasteiger partial charge in [0.1, 0.15) is 0 Å². The van der Waals surface area contributed by atoms with Crippen molar-refractivity contribution < 1.29 is 4.79 Å². The molecule has 3 atom stereocenters. The summed E-state index contributed by atoms with van der Waals surface area (Å²) in [6, 6.07) is 11.0. The van der Waals surface area contributed by atoms with Gasteiger partial charge in [-0.15, -0.1) is 0 Å². The number of nitrogens with zero attached hydrogens (tertiary/aromatic N) is 2. The van der Waals surface area contributed by atoms with E-state index < -0.39 is 0 Å². The number of benzene rings is 1. The van der Waals surface area contributed by atoms with Gasteiger partial charge in [0.05, 0.1) is 0 Å². The largest absolute Gasteiger partial charge is 0.331 e. The molecule has 3 rings (SSSR count). The molecule has 1 saturated heterocycles. The average molecular weight is 286 g/mol. The Kier molecular flexibility index (Phi) is 3.68. The summed E-state index contributed by atoms with van der Waals surface area (Å²) in [5.74, 6) is 1.39. The second kappa shape index (κ2) is 5.36. The summed E-state index contributed by atoms with van der Waals surface area (Å²) in [5, 5.41) is 0. The fraction of sp³-hybridized carbons (Fsp3) is 0.611. The number of urea groups is 1. The molecule has 0 N–H and O–H groups in total. The Bertz CT molecular complexity index is 497. The summed E-state index contributed by atoms with van der Waals surface area (Å²) in [6.45, 7) is 4.33. The number of likely N-dealkylation sites (tertiary alicyclic amines) is 1. The molecule has 21 heavy (non-hydrogen) atoms. The van der Waals surface area contributed by atoms with E-state index in [4.69, 9.17) is 0 Å². The van der Waals surface area contributed by atoms with Crippen LogP contribution in [0.15, 0.2) is 30.3 Å². The number of rotatable bonds is 2. The maximum Gasteiger partial charge on any atom is 0.319 e. The van der Waals surface area contributed by atoms with Gasteiger partial charge in [0.2, 0.25) is 0 Å². The zero-order valence-electron chi connectivity index (χ0n) is 13.4. The first-order valence-corrected chi connectivity index (χ1v) is 7.97. The molecule has 1 saturated carbocycles. The monoisotopic (exact) mass is 286 g/mol. The van der Waals surface area contributed by atoms with Crippen LogP contribution in [-0.2, 0) is 6.42 Å². The number of carbonyl (C=O) groups is 1. The molecule has 1 aromatic rings. The van der Waals surface area contributed by atoms with Gasteiger partial charge in [-0.2, -0.15) is 0 Å². The van der Waals surface area contributed by atoms with E-state index in [0.29, 0.717) is 17.3 Å². The number of hydrogen-bond donors (Lipinski definition) is 0. The average Bonchev–Trinajstić information content (AvgIpc) is 2.93. The van der Waals surface area contributed by atoms with E-state index in [2.05, 4.69) is 37.3 Å². The lowest BCUT2D eigenvalue weighted by atomic mass is 9.81. The zero-order valence-corrected chi connectivity index (χ0v) is 13.4. The van der Waals surface area contributed by atoms with Gasteiger partial charge in [-0.3, -0.25) is 0 Å². The highest BCUT2D eigenvalue weighted by molar-refractivity contribution is 5.74. The molecule has 1 aliphatic carbocycles. The molecule has 114 valence electrons. The molecular formula is C18H26N2O. The molecule has 1 aromatic carbocycles. The molecule has 3 nitrogen and oxygen atoms in total. The first-order chi connectivity index (χ1) is 9.97. The summed E-state index contributed by atoms with van der Waals surface area (Å²) < 4.78 is 0. The van der Waals surface area contributed by atoms with Crippen molar-refractivity contribution in [3.63, 3.8) is 0 Å². The Morgan fingerprint density at radius 3 is 2.29 bits per heavy atom. The smallest absolute Gasteiger partial charge is 0.319 e. The first-order valence-electron chi connectivity index (χ1n) is 7.97. The van der Waals surface area contributed by atoms with Crippen LogP contribution in [0.5, 0.6) is 0 Å². The van der Waals surface area contributed by atoms with E-state index in [9.17, 15) is 4.79 Å². The maximum atomic E-state index is 12.1. The third-order valence-corrected chi connectivity index (χ3v) is 5.21. The van der Waals surface area contributed by atoms with Crippen LogP contribution in [0.1, 0.15) is 25.3 Å². The summed E-state index contributed by atoms with van der Waals surface area (Å²) in [7, 11) is 3.69. The number of fused-ring (bicyclic) bond motifs is 1. The molecule has 2 amide bonds. The lowest BCUT2D eigenvalue weighted by Gasteiger charge is -2.28. The molecule has 1 aliphatic heterocycles. The number of amides is 2. The van der Waals surface area contributed by atoms with Crippen molar-refractivity contribution in [1.29, 1.82) is 0 Å². The van der Waals surface area contributed by atoms with Crippen LogP contribution in [0.3, 0.4) is 0 Å². The van der Waals surface area contributed by atoms with Crippen LogP contribution in [0, 0.1) is 17.3 Å². The fourth-order valence-corrected chi connectivity index (χ4v) is 4.42. The molecule has 0 spiro atoms. The van der Waals surface area contributed by atoms with E-state index in [1.807, 2.05) is 19.0 Å². The Labute approximate surface area is 127 Å². The Morgan fingerprint density at radius 1 is 1.19 bits per heavy atom. The lowest BCUT2D eigenvalue weighted by molar-refractivity contribution is 0.173. The second-order valence-electron chi connectivity index (χ2n) is 7.48. The van der Waals surface area contributed by atoms with Gasteiger partial charge in [0.15, 0.2) is 0 Å². The van der Waals surface area contributed by atoms with Crippen LogP contribution < -0.4 is 0 Å². The van der Waals surface area contributed by atoms with Crippen LogP contribution in [0.4, 0.5) is 4.79 Å². The highest BCUT2D eigenvalue weighted by Crippen LogP contribution is 2.50. The van der Waals surface area contributed by atoms with Crippen molar-refractivity contribution >= 4 is 6.03 Å². The van der Waals surface area contributed by atoms with Crippen LogP contribution in [-0.4, -0.2) is 43.0 Å². The van der Waals surface area contributed by atoms with Crippen LogP contribution in [0.25, 0.3) is 0 Å². The van der Waals surface area contributed by atoms with Gasteiger partial charge in [-0.25, -0.2) is 4.79 Å². The van der Waals surface area contributed by atoms with E-state index in [-0.39, 0.29) is 6.03 Å². The molecular weight excluding hydrogens is 260 g/mol. The quantitative estimate of drug-likeness (QED) is 0.818. The molecule has 0 radical (unpaired) electrons. The van der Waals surface area contributed by atoms with E-state index in [0.717, 1.165) is 13.1 Å². The van der Waals surface area contributed by atoms with Gasteiger partial charge in [0.25, 0.3) is 0 Å². The van der Waals surface area contributed by atoms with Gasteiger partial charge in [-0.1, -0.05) is 37.3 Å². The van der Waals surface area contributed by atoms with Crippen LogP contribution in [0.2, 0.25) is 0 Å². The van der Waals surface area contributed by atoms with Gasteiger partial charge < -0.3 is 9.80 Å². The van der Waals surface area contributed by atoms with Crippen molar-refractivity contribution in [2.24, 2.45) is 17.3 Å². The first kappa shape index (κ1) is 14.4. The summed E-state index contributed by atoms with van der Waals surface area (Å²) >= 11 is 0. The van der Waals surface area contributed by atoms with Gasteiger partial charge in [-0.05, 0) is 42.1 Å². The molecule has 1 heterocycles. The van der Waals surface area contributed by atoms with Crippen molar-refractivity contribution in [3.05, 3.63) is 35.9 Å². The SMILES string of the molecule is CN(C)C(=O)N1C[C@@H]2CC(C)(Cc3ccccc3)C[C@@H]2C1. The third kappa shape index (κ3) is 2.92. The highest BCUT2D eigenvalue weighted by Gasteiger charge is 2.47. The van der Waals surface area contributed by atoms with Crippen molar-refractivity contribution in [1.82, 2.24) is 9.80 Å². The van der Waals surface area contributed by atoms with E-state index in [1.165, 1.54) is 24.8 Å². The fourth-order valence-electron chi connectivity index (χ4n) is 4.42. The summed E-state index contributed by atoms with van der Waals surface area (Å²) in [5.41, 5.74) is 1.85. The molecule has 2 aliphatic rings. The van der Waals surface area contributed by atoms with Crippen molar-refractivity contribution in [2.75, 3.05) is 27.2 Å². The van der Waals surface area contributed by atoms with Crippen molar-refractivity contribution in [2.45, 2.75) is 26.2 Å². The molecule has 1 unspecified atom stereocenters. The molecule has 2 fully saturated rings.